The Kier molecular flexibility index (Phi) is 3.07. The molecule has 0 bridgehead atoms. The summed E-state index contributed by atoms with van der Waals surface area (Å²) in [4.78, 5) is 4.53. The molecule has 88 valence electrons. The second-order valence-corrected chi connectivity index (χ2v) is 5.48. The molecule has 1 heterocycles. The number of benzene rings is 1. The van der Waals surface area contributed by atoms with E-state index in [1.54, 1.807) is 11.8 Å². The minimum absolute atomic E-state index is 0.530. The lowest BCUT2D eigenvalue weighted by Gasteiger charge is -2.15. The Morgan fingerprint density at radius 2 is 2.18 bits per heavy atom. The van der Waals surface area contributed by atoms with E-state index >= 15 is 0 Å². The van der Waals surface area contributed by atoms with E-state index in [-0.39, 0.29) is 0 Å². The van der Waals surface area contributed by atoms with Crippen molar-refractivity contribution in [2.24, 2.45) is 10.1 Å². The van der Waals surface area contributed by atoms with Gasteiger partial charge in [0.25, 0.3) is 0 Å². The summed E-state index contributed by atoms with van der Waals surface area (Å²) in [5.41, 5.74) is 4.99. The molecule has 1 N–H and O–H groups in total. The van der Waals surface area contributed by atoms with Gasteiger partial charge in [0.2, 0.25) is 0 Å². The molecule has 1 aliphatic carbocycles. The first-order valence-electron chi connectivity index (χ1n) is 5.61. The molecular formula is C12H12ClN3S. The molecule has 3 rings (SSSR count). The average Bonchev–Trinajstić information content (AvgIpc) is 3.15. The fourth-order valence-corrected chi connectivity index (χ4v) is 2.66. The lowest BCUT2D eigenvalue weighted by Crippen LogP contribution is -2.25. The van der Waals surface area contributed by atoms with Gasteiger partial charge in [0, 0.05) is 16.3 Å². The van der Waals surface area contributed by atoms with E-state index in [1.807, 2.05) is 24.3 Å². The number of hydrazone groups is 1. The molecule has 0 spiro atoms. The van der Waals surface area contributed by atoms with Crippen LogP contribution in [-0.2, 0) is 0 Å². The summed E-state index contributed by atoms with van der Waals surface area (Å²) >= 11 is 7.83. The summed E-state index contributed by atoms with van der Waals surface area (Å²) in [5.74, 6) is 0.822. The monoisotopic (exact) mass is 265 g/mol. The number of rotatable bonds is 2. The van der Waals surface area contributed by atoms with Crippen molar-refractivity contribution in [1.29, 1.82) is 0 Å². The van der Waals surface area contributed by atoms with Crippen LogP contribution in [0.1, 0.15) is 18.4 Å². The van der Waals surface area contributed by atoms with E-state index < -0.39 is 0 Å². The fourth-order valence-electron chi connectivity index (χ4n) is 1.59. The fraction of sp³-hybridized carbons (Fsp3) is 0.333. The third kappa shape index (κ3) is 2.64. The lowest BCUT2D eigenvalue weighted by molar-refractivity contribution is 0.985. The quantitative estimate of drug-likeness (QED) is 0.893. The highest BCUT2D eigenvalue weighted by Gasteiger charge is 2.22. The van der Waals surface area contributed by atoms with Crippen LogP contribution in [0, 0.1) is 0 Å². The molecule has 17 heavy (non-hydrogen) atoms. The second kappa shape index (κ2) is 4.70. The zero-order valence-corrected chi connectivity index (χ0v) is 10.8. The summed E-state index contributed by atoms with van der Waals surface area (Å²) in [6, 6.07) is 8.31. The van der Waals surface area contributed by atoms with Crippen molar-refractivity contribution in [3.05, 3.63) is 34.9 Å². The van der Waals surface area contributed by atoms with Gasteiger partial charge in [-0.05, 0) is 18.9 Å². The number of nitrogens with zero attached hydrogens (tertiary/aromatic N) is 2. The maximum atomic E-state index is 6.14. The molecule has 0 radical (unpaired) electrons. The Morgan fingerprint density at radius 3 is 2.82 bits per heavy atom. The second-order valence-electron chi connectivity index (χ2n) is 4.10. The van der Waals surface area contributed by atoms with E-state index in [0.717, 1.165) is 27.2 Å². The maximum absolute atomic E-state index is 6.14. The first kappa shape index (κ1) is 11.1. The molecule has 1 saturated carbocycles. The van der Waals surface area contributed by atoms with Gasteiger partial charge in [0.15, 0.2) is 5.17 Å². The average molecular weight is 266 g/mol. The van der Waals surface area contributed by atoms with Crippen LogP contribution in [0.25, 0.3) is 0 Å². The topological polar surface area (TPSA) is 36.8 Å². The number of halogens is 1. The first-order valence-corrected chi connectivity index (χ1v) is 6.97. The molecule has 0 saturated heterocycles. The normalized spacial score (nSPS) is 22.2. The summed E-state index contributed by atoms with van der Waals surface area (Å²) in [6.07, 6.45) is 2.43. The van der Waals surface area contributed by atoms with E-state index in [4.69, 9.17) is 11.6 Å². The molecule has 1 aromatic rings. The largest absolute Gasteiger partial charge is 0.258 e. The standard InChI is InChI=1S/C12H12ClN3S/c13-10-4-2-1-3-9(10)11-7-17-12(16-15-11)14-8-5-6-8/h1-4,8H,5-7H2,(H,14,16). The molecule has 3 nitrogen and oxygen atoms in total. The Morgan fingerprint density at radius 1 is 1.35 bits per heavy atom. The van der Waals surface area contributed by atoms with Crippen molar-refractivity contribution in [3.8, 4) is 0 Å². The number of hydrogen-bond donors (Lipinski definition) is 1. The third-order valence-electron chi connectivity index (χ3n) is 2.66. The van der Waals surface area contributed by atoms with Crippen LogP contribution in [-0.4, -0.2) is 22.7 Å². The van der Waals surface area contributed by atoms with Gasteiger partial charge in [-0.15, -0.1) is 0 Å². The van der Waals surface area contributed by atoms with Gasteiger partial charge in [-0.2, -0.15) is 5.10 Å². The molecule has 5 heteroatoms. The van der Waals surface area contributed by atoms with Gasteiger partial charge < -0.3 is 0 Å². The van der Waals surface area contributed by atoms with E-state index in [9.17, 15) is 0 Å². The number of thioether (sulfide) groups is 1. The predicted molar refractivity (Wildman–Crippen MR) is 74.0 cm³/mol. The number of hydrogen-bond acceptors (Lipinski definition) is 3. The minimum atomic E-state index is 0.530. The molecule has 2 aliphatic rings. The van der Waals surface area contributed by atoms with Crippen molar-refractivity contribution in [2.75, 3.05) is 5.75 Å². The molecule has 1 aliphatic heterocycles. The van der Waals surface area contributed by atoms with Gasteiger partial charge in [-0.25, -0.2) is 0 Å². The lowest BCUT2D eigenvalue weighted by atomic mass is 10.1. The maximum Gasteiger partial charge on any atom is 0.177 e. The third-order valence-corrected chi connectivity index (χ3v) is 3.88. The zero-order chi connectivity index (χ0) is 11.7. The zero-order valence-electron chi connectivity index (χ0n) is 9.19. The van der Waals surface area contributed by atoms with Gasteiger partial charge in [0.1, 0.15) is 0 Å². The van der Waals surface area contributed by atoms with E-state index in [0.29, 0.717) is 6.04 Å². The minimum Gasteiger partial charge on any atom is -0.258 e. The highest BCUT2D eigenvalue weighted by molar-refractivity contribution is 8.14. The van der Waals surface area contributed by atoms with Crippen molar-refractivity contribution in [3.63, 3.8) is 0 Å². The summed E-state index contributed by atoms with van der Waals surface area (Å²) < 4.78 is 0. The van der Waals surface area contributed by atoms with Crippen LogP contribution in [0.15, 0.2) is 34.4 Å². The van der Waals surface area contributed by atoms with Crippen LogP contribution in [0.2, 0.25) is 5.02 Å². The Hall–Kier alpha value is -1.000. The van der Waals surface area contributed by atoms with Crippen molar-refractivity contribution < 1.29 is 0 Å². The molecule has 0 amide bonds. The smallest absolute Gasteiger partial charge is 0.177 e. The predicted octanol–water partition coefficient (Wildman–Crippen LogP) is 2.90. The van der Waals surface area contributed by atoms with E-state index in [2.05, 4.69) is 15.5 Å². The first-order chi connectivity index (χ1) is 8.33. The highest BCUT2D eigenvalue weighted by atomic mass is 35.5. The van der Waals surface area contributed by atoms with Gasteiger partial charge >= 0.3 is 0 Å². The Labute approximate surface area is 109 Å². The van der Waals surface area contributed by atoms with Gasteiger partial charge in [-0.3, -0.25) is 10.4 Å². The molecule has 0 atom stereocenters. The number of aliphatic imine (C=N–C) groups is 1. The van der Waals surface area contributed by atoms with Crippen LogP contribution in [0.4, 0.5) is 0 Å². The van der Waals surface area contributed by atoms with Crippen LogP contribution >= 0.6 is 23.4 Å². The van der Waals surface area contributed by atoms with Crippen LogP contribution < -0.4 is 5.43 Å². The van der Waals surface area contributed by atoms with Crippen molar-refractivity contribution in [1.82, 2.24) is 5.43 Å². The highest BCUT2D eigenvalue weighted by Crippen LogP contribution is 2.26. The Bertz CT molecular complexity index is 494. The molecule has 1 aromatic carbocycles. The SMILES string of the molecule is Clc1ccccc1C1=NNC(=NC2CC2)SC1. The molecule has 1 fully saturated rings. The van der Waals surface area contributed by atoms with Gasteiger partial charge in [-0.1, -0.05) is 41.6 Å². The summed E-state index contributed by atoms with van der Waals surface area (Å²) in [5, 5.41) is 6.03. The molecule has 0 aromatic heterocycles. The number of nitrogens with one attached hydrogen (secondary N) is 1. The van der Waals surface area contributed by atoms with Crippen LogP contribution in [0.3, 0.4) is 0 Å². The van der Waals surface area contributed by atoms with Crippen molar-refractivity contribution in [2.45, 2.75) is 18.9 Å². The van der Waals surface area contributed by atoms with E-state index in [1.165, 1.54) is 12.8 Å². The number of amidine groups is 1. The van der Waals surface area contributed by atoms with Crippen LogP contribution in [0.5, 0.6) is 0 Å². The molecule has 0 unspecified atom stereocenters. The Balaban J connectivity index is 1.78. The van der Waals surface area contributed by atoms with Crippen molar-refractivity contribution >= 4 is 34.2 Å². The summed E-state index contributed by atoms with van der Waals surface area (Å²) in [7, 11) is 0. The summed E-state index contributed by atoms with van der Waals surface area (Å²) in [6.45, 7) is 0. The molecular weight excluding hydrogens is 254 g/mol. The van der Waals surface area contributed by atoms with Gasteiger partial charge in [0.05, 0.1) is 11.8 Å².